The van der Waals surface area contributed by atoms with Crippen molar-refractivity contribution >= 4 is 63.9 Å². The van der Waals surface area contributed by atoms with Gasteiger partial charge in [0.1, 0.15) is 26.9 Å². The van der Waals surface area contributed by atoms with E-state index in [-0.39, 0.29) is 16.3 Å². The fraction of sp³-hybridized carbons (Fsp3) is 0.0833. The van der Waals surface area contributed by atoms with Crippen molar-refractivity contribution in [3.05, 3.63) is 71.5 Å². The first-order chi connectivity index (χ1) is 19.4. The number of nitrogens with zero attached hydrogens (tertiary/aromatic N) is 4. The van der Waals surface area contributed by atoms with E-state index in [1.165, 1.54) is 6.92 Å². The molecule has 0 aliphatic heterocycles. The fourth-order valence-electron chi connectivity index (χ4n) is 3.82. The summed E-state index contributed by atoms with van der Waals surface area (Å²) < 4.78 is 115. The molecule has 0 amide bonds. The van der Waals surface area contributed by atoms with Gasteiger partial charge in [-0.25, -0.2) is 4.39 Å². The lowest BCUT2D eigenvalue weighted by Crippen LogP contribution is -2.02. The monoisotopic (exact) mass is 638 g/mol. The molecule has 220 valence electrons. The zero-order chi connectivity index (χ0) is 31.2. The third-order valence-corrected chi connectivity index (χ3v) is 8.35. The maximum absolute atomic E-state index is 14.9. The smallest absolute Gasteiger partial charge is 0.296 e. The van der Waals surface area contributed by atoms with Crippen molar-refractivity contribution in [3.8, 4) is 5.75 Å². The van der Waals surface area contributed by atoms with Gasteiger partial charge < -0.3 is 5.11 Å². The second kappa shape index (κ2) is 10.9. The zero-order valence-corrected chi connectivity index (χ0v) is 23.8. The summed E-state index contributed by atoms with van der Waals surface area (Å²) in [6, 6.07) is 10.1. The van der Waals surface area contributed by atoms with Gasteiger partial charge in [0.15, 0.2) is 11.6 Å². The van der Waals surface area contributed by atoms with Crippen molar-refractivity contribution in [1.29, 1.82) is 0 Å². The average molecular weight is 639 g/mol. The van der Waals surface area contributed by atoms with E-state index in [1.807, 2.05) is 6.92 Å². The Bertz CT molecular complexity index is 2150. The first-order valence-electron chi connectivity index (χ1n) is 11.3. The summed E-state index contributed by atoms with van der Waals surface area (Å²) in [5.74, 6) is -2.11. The van der Waals surface area contributed by atoms with Crippen LogP contribution >= 0.6 is 0 Å². The van der Waals surface area contributed by atoms with E-state index in [0.717, 1.165) is 23.8 Å². The molecule has 4 rings (SSSR count). The van der Waals surface area contributed by atoms with Gasteiger partial charge in [0.2, 0.25) is 0 Å². The molecule has 0 heterocycles. The Hall–Kier alpha value is -4.20. The highest BCUT2D eigenvalue weighted by Crippen LogP contribution is 2.44. The van der Waals surface area contributed by atoms with Gasteiger partial charge in [-0.15, -0.1) is 15.3 Å². The maximum Gasteiger partial charge on any atom is 0.296 e. The molecule has 0 spiro atoms. The van der Waals surface area contributed by atoms with Gasteiger partial charge in [-0.05, 0) is 61.2 Å². The second-order valence-corrected chi connectivity index (χ2v) is 13.0. The van der Waals surface area contributed by atoms with E-state index >= 15 is 0 Å². The Balaban J connectivity index is 1.90. The van der Waals surface area contributed by atoms with Gasteiger partial charge in [-0.3, -0.25) is 13.7 Å². The van der Waals surface area contributed by atoms with Gasteiger partial charge in [0, 0.05) is 11.5 Å². The molecular formula is C24H19FN4O10S3. The van der Waals surface area contributed by atoms with Crippen LogP contribution in [0.3, 0.4) is 0 Å². The van der Waals surface area contributed by atoms with Gasteiger partial charge in [-0.2, -0.15) is 30.4 Å². The summed E-state index contributed by atoms with van der Waals surface area (Å²) in [6.45, 7) is 3.13. The number of hydrogen-bond acceptors (Lipinski definition) is 11. The van der Waals surface area contributed by atoms with Crippen LogP contribution in [-0.4, -0.2) is 44.0 Å². The van der Waals surface area contributed by atoms with Crippen LogP contribution in [0.2, 0.25) is 0 Å². The second-order valence-electron chi connectivity index (χ2n) is 8.84. The minimum atomic E-state index is -5.20. The Labute approximate surface area is 238 Å². The normalized spacial score (nSPS) is 13.0. The van der Waals surface area contributed by atoms with Crippen LogP contribution in [0.4, 0.5) is 27.1 Å². The van der Waals surface area contributed by atoms with Crippen molar-refractivity contribution in [2.45, 2.75) is 28.5 Å². The van der Waals surface area contributed by atoms with Crippen molar-refractivity contribution in [3.63, 3.8) is 0 Å². The predicted octanol–water partition coefficient (Wildman–Crippen LogP) is 5.87. The van der Waals surface area contributed by atoms with Crippen molar-refractivity contribution in [2.24, 2.45) is 20.5 Å². The molecule has 14 nitrogen and oxygen atoms in total. The van der Waals surface area contributed by atoms with Crippen molar-refractivity contribution in [2.75, 3.05) is 0 Å². The van der Waals surface area contributed by atoms with E-state index in [2.05, 4.69) is 20.5 Å². The summed E-state index contributed by atoms with van der Waals surface area (Å²) in [5, 5.41) is 24.9. The first-order valence-corrected chi connectivity index (χ1v) is 15.6. The average Bonchev–Trinajstić information content (AvgIpc) is 2.86. The SMILES string of the molecule is Cc1ccc(N=Nc2cc(S(=O)(=O)O)c(N=Nc3c(S(=O)(=O)O)cc4cc(S(=O)(=O)O)cc(C)c4c3O)cc2F)cc1. The Morgan fingerprint density at radius 3 is 1.83 bits per heavy atom. The Morgan fingerprint density at radius 1 is 0.667 bits per heavy atom. The van der Waals surface area contributed by atoms with E-state index in [4.69, 9.17) is 0 Å². The molecule has 0 aromatic heterocycles. The molecule has 4 aromatic carbocycles. The standard InChI is InChI=1S/C24H19FN4O10S3/c1-12-3-5-15(6-4-12)26-27-18-11-20(41(34,35)36)19(10-17(18)25)28-29-23-21(42(37,38)39)9-14-8-16(40(31,32)33)7-13(2)22(14)24(23)30/h3-11,30H,1-2H3,(H,31,32,33)(H,34,35,36)(H,37,38,39). The van der Waals surface area contributed by atoms with Gasteiger partial charge in [0.05, 0.1) is 10.6 Å². The zero-order valence-electron chi connectivity index (χ0n) is 21.3. The molecule has 0 saturated carbocycles. The molecule has 0 atom stereocenters. The molecular weight excluding hydrogens is 619 g/mol. The fourth-order valence-corrected chi connectivity index (χ4v) is 5.71. The highest BCUT2D eigenvalue weighted by atomic mass is 32.2. The quantitative estimate of drug-likeness (QED) is 0.139. The van der Waals surface area contributed by atoms with Crippen LogP contribution in [0.1, 0.15) is 11.1 Å². The lowest BCUT2D eigenvalue weighted by atomic mass is 10.0. The molecule has 0 bridgehead atoms. The van der Waals surface area contributed by atoms with Crippen LogP contribution in [0.5, 0.6) is 5.75 Å². The van der Waals surface area contributed by atoms with Gasteiger partial charge >= 0.3 is 0 Å². The number of rotatable bonds is 7. The number of aryl methyl sites for hydroxylation is 2. The molecule has 0 unspecified atom stereocenters. The van der Waals surface area contributed by atoms with Crippen LogP contribution in [0, 0.1) is 19.7 Å². The number of aromatic hydroxyl groups is 1. The van der Waals surface area contributed by atoms with Crippen LogP contribution in [0.15, 0.2) is 89.7 Å². The van der Waals surface area contributed by atoms with E-state index in [9.17, 15) is 48.4 Å². The summed E-state index contributed by atoms with van der Waals surface area (Å²) in [7, 11) is -15.1. The maximum atomic E-state index is 14.9. The molecule has 0 fully saturated rings. The third-order valence-electron chi connectivity index (χ3n) is 5.77. The number of azo groups is 2. The van der Waals surface area contributed by atoms with Crippen molar-refractivity contribution in [1.82, 2.24) is 0 Å². The lowest BCUT2D eigenvalue weighted by molar-refractivity contribution is 0.471. The molecule has 4 N–H and O–H groups in total. The molecule has 0 saturated heterocycles. The Morgan fingerprint density at radius 2 is 1.26 bits per heavy atom. The molecule has 0 aliphatic carbocycles. The van der Waals surface area contributed by atoms with Gasteiger partial charge in [-0.1, -0.05) is 17.7 Å². The molecule has 0 aliphatic rings. The topological polar surface area (TPSA) is 233 Å². The molecule has 42 heavy (non-hydrogen) atoms. The van der Waals surface area contributed by atoms with Gasteiger partial charge in [0.25, 0.3) is 30.4 Å². The van der Waals surface area contributed by atoms with Crippen molar-refractivity contribution < 1.29 is 48.4 Å². The summed E-state index contributed by atoms with van der Waals surface area (Å²) >= 11 is 0. The number of hydrogen-bond donors (Lipinski definition) is 4. The number of fused-ring (bicyclic) bond motifs is 1. The molecule has 18 heteroatoms. The molecule has 4 aromatic rings. The molecule has 0 radical (unpaired) electrons. The highest BCUT2D eigenvalue weighted by Gasteiger charge is 2.25. The lowest BCUT2D eigenvalue weighted by Gasteiger charge is -2.12. The summed E-state index contributed by atoms with van der Waals surface area (Å²) in [4.78, 5) is -2.75. The minimum Gasteiger partial charge on any atom is -0.505 e. The number of halogens is 1. The van der Waals surface area contributed by atoms with Crippen LogP contribution in [0.25, 0.3) is 10.8 Å². The Kier molecular flexibility index (Phi) is 7.98. The third kappa shape index (κ3) is 6.48. The van der Waals surface area contributed by atoms with Crippen LogP contribution < -0.4 is 0 Å². The summed E-state index contributed by atoms with van der Waals surface area (Å²) in [6.07, 6.45) is 0. The number of phenols is 1. The first kappa shape index (κ1) is 30.8. The number of phenolic OH excluding ortho intramolecular Hbond substituents is 1. The minimum absolute atomic E-state index is 0.0175. The van der Waals surface area contributed by atoms with Crippen LogP contribution in [-0.2, 0) is 30.4 Å². The number of benzene rings is 4. The largest absolute Gasteiger partial charge is 0.505 e. The van der Waals surface area contributed by atoms with E-state index in [0.29, 0.717) is 17.8 Å². The summed E-state index contributed by atoms with van der Waals surface area (Å²) in [5.41, 5.74) is -1.15. The van der Waals surface area contributed by atoms with E-state index < -0.39 is 73.7 Å². The van der Waals surface area contributed by atoms with E-state index in [1.54, 1.807) is 24.3 Å². The predicted molar refractivity (Wildman–Crippen MR) is 146 cm³/mol. The highest BCUT2D eigenvalue weighted by molar-refractivity contribution is 7.86.